The Morgan fingerprint density at radius 3 is 1.95 bits per heavy atom. The zero-order valence-corrected chi connectivity index (χ0v) is 13.2. The molecule has 22 heavy (non-hydrogen) atoms. The summed E-state index contributed by atoms with van der Waals surface area (Å²) >= 11 is 6.26. The monoisotopic (exact) mass is 371 g/mol. The summed E-state index contributed by atoms with van der Waals surface area (Å²) in [5, 5.41) is 0.295. The molecule has 1 fully saturated rings. The molecular weight excluding hydrogens is 355 g/mol. The van der Waals surface area contributed by atoms with E-state index in [1.165, 1.54) is 19.3 Å². The van der Waals surface area contributed by atoms with Crippen LogP contribution >= 0.6 is 19.4 Å². The molecule has 1 aromatic rings. The van der Waals surface area contributed by atoms with Crippen molar-refractivity contribution in [3.05, 3.63) is 30.6 Å². The van der Waals surface area contributed by atoms with Crippen LogP contribution in [-0.4, -0.2) is 12.0 Å². The van der Waals surface area contributed by atoms with Crippen molar-refractivity contribution in [3.63, 3.8) is 0 Å². The molecule has 2 rings (SSSR count). The van der Waals surface area contributed by atoms with Crippen molar-refractivity contribution in [2.24, 2.45) is 5.92 Å². The fourth-order valence-corrected chi connectivity index (χ4v) is 2.35. The van der Waals surface area contributed by atoms with Gasteiger partial charge in [-0.05, 0) is 12.8 Å². The van der Waals surface area contributed by atoms with Gasteiger partial charge in [0.1, 0.15) is 0 Å². The van der Waals surface area contributed by atoms with Gasteiger partial charge in [0, 0.05) is 28.2 Å². The Labute approximate surface area is 129 Å². The van der Waals surface area contributed by atoms with Crippen LogP contribution in [0.4, 0.5) is 25.2 Å². The van der Waals surface area contributed by atoms with Crippen molar-refractivity contribution in [2.45, 2.75) is 31.1 Å². The van der Waals surface area contributed by atoms with Crippen LogP contribution in [-0.2, 0) is 0 Å². The summed E-state index contributed by atoms with van der Waals surface area (Å²) in [5.41, 5.74) is 0. The second kappa shape index (κ2) is 6.40. The topological polar surface area (TPSA) is 13.1 Å². The van der Waals surface area contributed by atoms with Gasteiger partial charge in [0.2, 0.25) is 12.4 Å². The van der Waals surface area contributed by atoms with Gasteiger partial charge in [-0.3, -0.25) is 4.84 Å². The molecule has 0 saturated heterocycles. The first kappa shape index (κ1) is 19.3. The van der Waals surface area contributed by atoms with Gasteiger partial charge in [-0.15, -0.1) is 11.6 Å². The Hall–Kier alpha value is -0.750. The fraction of sp³-hybridized carbons (Fsp3) is 0.583. The third-order valence-corrected chi connectivity index (χ3v) is 3.52. The quantitative estimate of drug-likeness (QED) is 0.292. The number of halogens is 7. The molecule has 0 aromatic carbocycles. The van der Waals surface area contributed by atoms with E-state index in [1.807, 2.05) is 30.6 Å². The summed E-state index contributed by atoms with van der Waals surface area (Å²) < 4.78 is 60.9. The van der Waals surface area contributed by atoms with Gasteiger partial charge in [-0.2, -0.15) is 0 Å². The first-order valence-corrected chi connectivity index (χ1v) is 9.08. The van der Waals surface area contributed by atoms with Gasteiger partial charge < -0.3 is 0 Å². The predicted molar refractivity (Wildman–Crippen MR) is 73.3 cm³/mol. The Morgan fingerprint density at radius 1 is 0.955 bits per heavy atom. The van der Waals surface area contributed by atoms with Gasteiger partial charge in [0.25, 0.3) is 0 Å². The number of aromatic nitrogens is 1. The molecule has 2 nitrogen and oxygen atoms in total. The zero-order valence-electron chi connectivity index (χ0n) is 11.5. The Morgan fingerprint density at radius 2 is 1.45 bits per heavy atom. The second-order valence-corrected chi connectivity index (χ2v) is 7.53. The van der Waals surface area contributed by atoms with E-state index in [0.29, 0.717) is 11.3 Å². The normalized spacial score (nSPS) is 25.2. The number of hydrogen-bond donors (Lipinski definition) is 0. The maximum absolute atomic E-state index is 10.7. The molecule has 130 valence electrons. The van der Waals surface area contributed by atoms with Crippen LogP contribution in [0.2, 0.25) is 0 Å². The Balaban J connectivity index is 0.000000295. The van der Waals surface area contributed by atoms with Crippen molar-refractivity contribution in [1.29, 1.82) is 0 Å². The van der Waals surface area contributed by atoms with Crippen LogP contribution in [0.1, 0.15) is 25.7 Å². The molecule has 0 N–H and O–H groups in total. The summed E-state index contributed by atoms with van der Waals surface area (Å²) in [5.74, 6) is 0.508. The third kappa shape index (κ3) is 11.9. The van der Waals surface area contributed by atoms with Gasteiger partial charge in [0.05, 0.1) is 0 Å². The minimum atomic E-state index is -10.7. The van der Waals surface area contributed by atoms with Crippen molar-refractivity contribution in [1.82, 2.24) is 0 Å². The van der Waals surface area contributed by atoms with E-state index >= 15 is 0 Å². The van der Waals surface area contributed by atoms with Crippen molar-refractivity contribution < 1.29 is 34.7 Å². The summed E-state index contributed by atoms with van der Waals surface area (Å²) in [6, 6.07) is 5.89. The van der Waals surface area contributed by atoms with Gasteiger partial charge in [-0.25, -0.2) is 0 Å². The first-order chi connectivity index (χ1) is 9.81. The zero-order chi connectivity index (χ0) is 16.9. The maximum atomic E-state index is 9.87. The van der Waals surface area contributed by atoms with Gasteiger partial charge in [-0.1, -0.05) is 18.9 Å². The molecule has 0 aliphatic heterocycles. The minimum absolute atomic E-state index is 0.295. The molecule has 1 aliphatic carbocycles. The molecule has 0 amide bonds. The van der Waals surface area contributed by atoms with E-state index in [4.69, 9.17) is 16.4 Å². The molecule has 0 radical (unpaired) electrons. The van der Waals surface area contributed by atoms with Crippen LogP contribution in [0.5, 0.6) is 0 Å². The van der Waals surface area contributed by atoms with Crippen LogP contribution in [0.15, 0.2) is 30.6 Å². The molecule has 0 spiro atoms. The fourth-order valence-electron chi connectivity index (χ4n) is 2.00. The predicted octanol–water partition coefficient (Wildman–Crippen LogP) is 5.58. The Bertz CT molecular complexity index is 457. The standard InChI is InChI=1S/C12H17ClNO.F6P/c13-12-7-3-2-6-11(12)10-15-14-8-4-1-5-9-14;1-7(2,3,4,5)6/h1,4-5,8-9,11-12H,2-3,6-7,10H2;/q+1;-1. The second-order valence-electron chi connectivity index (χ2n) is 5.05. The summed E-state index contributed by atoms with van der Waals surface area (Å²) in [4.78, 5) is 5.65. The van der Waals surface area contributed by atoms with Crippen LogP contribution in [0.3, 0.4) is 0 Å². The van der Waals surface area contributed by atoms with Crippen LogP contribution in [0, 0.1) is 5.92 Å². The van der Waals surface area contributed by atoms with E-state index in [2.05, 4.69) is 0 Å². The van der Waals surface area contributed by atoms with E-state index < -0.39 is 7.81 Å². The molecule has 10 heteroatoms. The van der Waals surface area contributed by atoms with Crippen molar-refractivity contribution >= 4 is 19.4 Å². The molecule has 1 aliphatic rings. The average Bonchev–Trinajstić information content (AvgIpc) is 2.35. The number of rotatable bonds is 3. The van der Waals surface area contributed by atoms with Crippen LogP contribution < -0.4 is 9.57 Å². The first-order valence-electron chi connectivity index (χ1n) is 6.61. The summed E-state index contributed by atoms with van der Waals surface area (Å²) in [7, 11) is -10.7. The molecule has 2 unspecified atom stereocenters. The molecule has 0 bridgehead atoms. The van der Waals surface area contributed by atoms with Crippen molar-refractivity contribution in [2.75, 3.05) is 6.61 Å². The molecule has 2 atom stereocenters. The van der Waals surface area contributed by atoms with E-state index in [9.17, 15) is 25.2 Å². The van der Waals surface area contributed by atoms with E-state index in [0.717, 1.165) is 13.0 Å². The number of hydrogen-bond acceptors (Lipinski definition) is 1. The molecular formula is C12H17ClF6NOP. The number of alkyl halides is 1. The van der Waals surface area contributed by atoms with Crippen LogP contribution in [0.25, 0.3) is 0 Å². The van der Waals surface area contributed by atoms with Gasteiger partial charge >= 0.3 is 33.0 Å². The molecule has 1 saturated carbocycles. The number of nitrogens with zero attached hydrogens (tertiary/aromatic N) is 1. The van der Waals surface area contributed by atoms with Gasteiger partial charge in [0.15, 0.2) is 6.61 Å². The SMILES string of the molecule is ClC1CCCCC1CO[n+]1ccccc1.F[P-](F)(F)(F)(F)F. The van der Waals surface area contributed by atoms with E-state index in [-0.39, 0.29) is 0 Å². The van der Waals surface area contributed by atoms with E-state index in [1.54, 1.807) is 4.73 Å². The van der Waals surface area contributed by atoms with Crippen molar-refractivity contribution in [3.8, 4) is 0 Å². The summed E-state index contributed by atoms with van der Waals surface area (Å²) in [6.07, 6.45) is 8.70. The Kier molecular flexibility index (Phi) is 5.61. The number of pyridine rings is 1. The molecule has 1 aromatic heterocycles. The third-order valence-electron chi connectivity index (χ3n) is 2.94. The average molecular weight is 372 g/mol. The molecule has 1 heterocycles. The summed E-state index contributed by atoms with van der Waals surface area (Å²) in [6.45, 7) is 0.725.